The van der Waals surface area contributed by atoms with Crippen molar-refractivity contribution in [3.63, 3.8) is 0 Å². The summed E-state index contributed by atoms with van der Waals surface area (Å²) in [5.41, 5.74) is 1.47. The second-order valence-corrected chi connectivity index (χ2v) is 5.66. The van der Waals surface area contributed by atoms with Crippen LogP contribution in [0.2, 0.25) is 0 Å². The van der Waals surface area contributed by atoms with E-state index in [4.69, 9.17) is 4.74 Å². The molecule has 0 heterocycles. The third-order valence-electron chi connectivity index (χ3n) is 3.63. The molecule has 7 heteroatoms. The number of benzene rings is 2. The number of carbonyl (C=O) groups excluding carboxylic acids is 1. The Balaban J connectivity index is 1.79. The summed E-state index contributed by atoms with van der Waals surface area (Å²) in [6.45, 7) is 3.36. The highest BCUT2D eigenvalue weighted by Gasteiger charge is 2.30. The maximum Gasteiger partial charge on any atom is 0.416 e. The normalized spacial score (nSPS) is 11.2. The van der Waals surface area contributed by atoms with Crippen molar-refractivity contribution in [2.75, 3.05) is 18.5 Å². The number of nitrogens with one attached hydrogen (secondary N) is 2. The van der Waals surface area contributed by atoms with Crippen LogP contribution in [0, 0.1) is 0 Å². The van der Waals surface area contributed by atoms with Crippen molar-refractivity contribution in [3.8, 4) is 0 Å². The van der Waals surface area contributed by atoms with Crippen LogP contribution in [0.15, 0.2) is 48.5 Å². The van der Waals surface area contributed by atoms with Crippen molar-refractivity contribution in [1.29, 1.82) is 0 Å². The lowest BCUT2D eigenvalue weighted by molar-refractivity contribution is -0.137. The van der Waals surface area contributed by atoms with Crippen LogP contribution in [0.3, 0.4) is 0 Å². The molecule has 0 saturated carbocycles. The predicted molar refractivity (Wildman–Crippen MR) is 93.6 cm³/mol. The van der Waals surface area contributed by atoms with Gasteiger partial charge >= 0.3 is 6.18 Å². The second kappa shape index (κ2) is 9.24. The van der Waals surface area contributed by atoms with Crippen LogP contribution in [0.4, 0.5) is 18.9 Å². The van der Waals surface area contributed by atoms with Crippen molar-refractivity contribution in [2.45, 2.75) is 26.3 Å². The molecule has 2 N–H and O–H groups in total. The van der Waals surface area contributed by atoms with Crippen molar-refractivity contribution >= 4 is 11.6 Å². The Kier molecular flexibility index (Phi) is 7.03. The van der Waals surface area contributed by atoms with Crippen molar-refractivity contribution < 1.29 is 22.7 Å². The zero-order chi connectivity index (χ0) is 19.0. The van der Waals surface area contributed by atoms with E-state index in [1.807, 2.05) is 31.2 Å². The lowest BCUT2D eigenvalue weighted by Crippen LogP contribution is -2.29. The van der Waals surface area contributed by atoms with Crippen LogP contribution in [0.1, 0.15) is 23.6 Å². The monoisotopic (exact) mass is 366 g/mol. The van der Waals surface area contributed by atoms with E-state index in [1.165, 1.54) is 12.1 Å². The van der Waals surface area contributed by atoms with E-state index in [0.29, 0.717) is 19.8 Å². The van der Waals surface area contributed by atoms with E-state index in [0.717, 1.165) is 23.3 Å². The molecule has 2 aromatic carbocycles. The number of alkyl halides is 3. The van der Waals surface area contributed by atoms with Crippen molar-refractivity contribution in [3.05, 3.63) is 65.2 Å². The number of anilines is 1. The lowest BCUT2D eigenvalue weighted by atomic mass is 10.1. The van der Waals surface area contributed by atoms with Crippen LogP contribution in [0.25, 0.3) is 0 Å². The highest BCUT2D eigenvalue weighted by atomic mass is 19.4. The van der Waals surface area contributed by atoms with E-state index < -0.39 is 11.7 Å². The second-order valence-electron chi connectivity index (χ2n) is 5.66. The Morgan fingerprint density at radius 2 is 1.77 bits per heavy atom. The minimum atomic E-state index is -4.41. The largest absolute Gasteiger partial charge is 0.416 e. The predicted octanol–water partition coefficient (Wildman–Crippen LogP) is 3.97. The van der Waals surface area contributed by atoms with Gasteiger partial charge in [0.25, 0.3) is 0 Å². The Morgan fingerprint density at radius 1 is 1.08 bits per heavy atom. The molecule has 4 nitrogen and oxygen atoms in total. The quantitative estimate of drug-likeness (QED) is 0.743. The van der Waals surface area contributed by atoms with Crippen molar-refractivity contribution in [2.24, 2.45) is 0 Å². The molecular weight excluding hydrogens is 345 g/mol. The van der Waals surface area contributed by atoms with Crippen LogP contribution >= 0.6 is 0 Å². The van der Waals surface area contributed by atoms with Gasteiger partial charge in [0.15, 0.2) is 0 Å². The molecule has 0 aliphatic carbocycles. The Bertz CT molecular complexity index is 715. The average molecular weight is 366 g/mol. The molecule has 0 atom stereocenters. The molecule has 0 spiro atoms. The Labute approximate surface area is 150 Å². The summed E-state index contributed by atoms with van der Waals surface area (Å²) in [6, 6.07) is 12.4. The first-order valence-electron chi connectivity index (χ1n) is 8.22. The minimum absolute atomic E-state index is 0.107. The van der Waals surface area contributed by atoms with Crippen LogP contribution in [-0.4, -0.2) is 19.1 Å². The zero-order valence-electron chi connectivity index (χ0n) is 14.4. The number of carbonyl (C=O) groups is 1. The van der Waals surface area contributed by atoms with E-state index in [-0.39, 0.29) is 18.1 Å². The molecule has 0 aliphatic rings. The minimum Gasteiger partial charge on any atom is -0.377 e. The highest BCUT2D eigenvalue weighted by molar-refractivity contribution is 5.80. The van der Waals surface area contributed by atoms with Gasteiger partial charge in [0.1, 0.15) is 0 Å². The van der Waals surface area contributed by atoms with Gasteiger partial charge < -0.3 is 15.4 Å². The highest BCUT2D eigenvalue weighted by Crippen LogP contribution is 2.30. The summed E-state index contributed by atoms with van der Waals surface area (Å²) in [6.07, 6.45) is -4.41. The number of ether oxygens (including phenoxy) is 1. The van der Waals surface area contributed by atoms with Gasteiger partial charge in [0.2, 0.25) is 5.91 Å². The van der Waals surface area contributed by atoms with Crippen LogP contribution in [-0.2, 0) is 28.9 Å². The topological polar surface area (TPSA) is 50.4 Å². The van der Waals surface area contributed by atoms with E-state index in [2.05, 4.69) is 10.6 Å². The molecule has 0 saturated heterocycles. The number of rotatable bonds is 8. The molecule has 2 rings (SSSR count). The molecule has 2 aromatic rings. The standard InChI is InChI=1S/C19H21F3N2O2/c1-2-26-13-15-8-6-14(7-9-15)11-24-18(25)12-23-17-5-3-4-16(10-17)19(20,21)22/h3-10,23H,2,11-13H2,1H3,(H,24,25). The van der Waals surface area contributed by atoms with E-state index in [1.54, 1.807) is 0 Å². The van der Waals surface area contributed by atoms with Crippen LogP contribution < -0.4 is 10.6 Å². The number of hydrogen-bond donors (Lipinski definition) is 2. The smallest absolute Gasteiger partial charge is 0.377 e. The van der Waals surface area contributed by atoms with Gasteiger partial charge in [-0.15, -0.1) is 0 Å². The van der Waals surface area contributed by atoms with Gasteiger partial charge in [-0.2, -0.15) is 13.2 Å². The summed E-state index contributed by atoms with van der Waals surface area (Å²) < 4.78 is 43.3. The fourth-order valence-corrected chi connectivity index (χ4v) is 2.22. The fraction of sp³-hybridized carbons (Fsp3) is 0.316. The first kappa shape index (κ1) is 19.8. The average Bonchev–Trinajstić information content (AvgIpc) is 2.63. The van der Waals surface area contributed by atoms with Crippen LogP contribution in [0.5, 0.6) is 0 Å². The number of halogens is 3. The SMILES string of the molecule is CCOCc1ccc(CNC(=O)CNc2cccc(C(F)(F)F)c2)cc1. The molecule has 0 radical (unpaired) electrons. The molecule has 0 unspecified atom stereocenters. The van der Waals surface area contributed by atoms with E-state index >= 15 is 0 Å². The van der Waals surface area contributed by atoms with Gasteiger partial charge in [-0.25, -0.2) is 0 Å². The Hall–Kier alpha value is -2.54. The summed E-state index contributed by atoms with van der Waals surface area (Å²) in [5, 5.41) is 5.42. The molecule has 140 valence electrons. The molecule has 0 aliphatic heterocycles. The molecular formula is C19H21F3N2O2. The lowest BCUT2D eigenvalue weighted by Gasteiger charge is -2.11. The first-order chi connectivity index (χ1) is 12.4. The summed E-state index contributed by atoms with van der Waals surface area (Å²) in [5.74, 6) is -0.305. The molecule has 1 amide bonds. The van der Waals surface area contributed by atoms with Gasteiger partial charge in [0.05, 0.1) is 18.7 Å². The summed E-state index contributed by atoms with van der Waals surface area (Å²) in [4.78, 5) is 11.9. The molecule has 0 fully saturated rings. The zero-order valence-corrected chi connectivity index (χ0v) is 14.4. The van der Waals surface area contributed by atoms with Crippen molar-refractivity contribution in [1.82, 2.24) is 5.32 Å². The van der Waals surface area contributed by atoms with Gasteiger partial charge in [-0.3, -0.25) is 4.79 Å². The molecule has 26 heavy (non-hydrogen) atoms. The maximum atomic E-state index is 12.7. The van der Waals surface area contributed by atoms with Gasteiger partial charge in [-0.1, -0.05) is 30.3 Å². The molecule has 0 bridgehead atoms. The maximum absolute atomic E-state index is 12.7. The summed E-state index contributed by atoms with van der Waals surface area (Å²) >= 11 is 0. The summed E-state index contributed by atoms with van der Waals surface area (Å²) in [7, 11) is 0. The Morgan fingerprint density at radius 3 is 2.42 bits per heavy atom. The first-order valence-corrected chi connectivity index (χ1v) is 8.22. The van der Waals surface area contributed by atoms with Gasteiger partial charge in [-0.05, 0) is 36.2 Å². The third-order valence-corrected chi connectivity index (χ3v) is 3.63. The third kappa shape index (κ3) is 6.40. The van der Waals surface area contributed by atoms with E-state index in [9.17, 15) is 18.0 Å². The molecule has 0 aromatic heterocycles. The number of amides is 1. The number of hydrogen-bond acceptors (Lipinski definition) is 3. The van der Waals surface area contributed by atoms with Gasteiger partial charge in [0, 0.05) is 18.8 Å². The fourth-order valence-electron chi connectivity index (χ4n) is 2.22.